The van der Waals surface area contributed by atoms with Gasteiger partial charge in [-0.15, -0.1) is 0 Å². The van der Waals surface area contributed by atoms with Crippen molar-refractivity contribution in [2.24, 2.45) is 0 Å². The second kappa shape index (κ2) is 13.8. The highest BCUT2D eigenvalue weighted by Gasteiger charge is 2.31. The number of aromatic nitrogens is 2. The molecule has 0 spiro atoms. The van der Waals surface area contributed by atoms with Crippen LogP contribution in [0.25, 0.3) is 11.1 Å². The van der Waals surface area contributed by atoms with Gasteiger partial charge in [-0.05, 0) is 48.4 Å². The molecule has 0 saturated carbocycles. The van der Waals surface area contributed by atoms with Crippen molar-refractivity contribution < 1.29 is 14.2 Å². The van der Waals surface area contributed by atoms with Crippen LogP contribution >= 0.6 is 15.8 Å². The Kier molecular flexibility index (Phi) is 9.27. The van der Waals surface area contributed by atoms with Crippen molar-refractivity contribution in [3.63, 3.8) is 0 Å². The standard InChI is InChI=1S/C37H32N2O3P2/c1-40-33-26-32(44(29-20-12-6-13-21-29)30-22-14-7-15-23-30)35(37(39-33)42-3)34-31(24-25-38-36(34)41-2)43(27-16-8-4-9-17-27)28-18-10-5-11-19-28/h4-26H,1-3H3. The average molecular weight is 615 g/mol. The molecule has 0 unspecified atom stereocenters. The van der Waals surface area contributed by atoms with E-state index in [0.29, 0.717) is 17.6 Å². The van der Waals surface area contributed by atoms with Gasteiger partial charge in [-0.2, -0.15) is 4.98 Å². The summed E-state index contributed by atoms with van der Waals surface area (Å²) in [4.78, 5) is 9.58. The van der Waals surface area contributed by atoms with E-state index in [1.54, 1.807) is 21.3 Å². The summed E-state index contributed by atoms with van der Waals surface area (Å²) in [5.74, 6) is 1.46. The second-order valence-electron chi connectivity index (χ2n) is 9.80. The molecule has 44 heavy (non-hydrogen) atoms. The van der Waals surface area contributed by atoms with Crippen molar-refractivity contribution in [1.29, 1.82) is 0 Å². The Hall–Kier alpha value is -4.56. The zero-order valence-electron chi connectivity index (χ0n) is 24.8. The molecule has 7 heteroatoms. The zero-order chi connectivity index (χ0) is 30.3. The number of pyridine rings is 2. The van der Waals surface area contributed by atoms with Crippen LogP contribution in [0.5, 0.6) is 17.6 Å². The molecule has 5 nitrogen and oxygen atoms in total. The van der Waals surface area contributed by atoms with E-state index in [2.05, 4.69) is 115 Å². The van der Waals surface area contributed by atoms with Crippen molar-refractivity contribution in [1.82, 2.24) is 9.97 Å². The molecule has 6 aromatic rings. The van der Waals surface area contributed by atoms with Crippen LogP contribution in [-0.2, 0) is 0 Å². The van der Waals surface area contributed by atoms with Gasteiger partial charge in [-0.1, -0.05) is 121 Å². The molecule has 0 atom stereocenters. The highest BCUT2D eigenvalue weighted by Crippen LogP contribution is 2.46. The third-order valence-electron chi connectivity index (χ3n) is 7.22. The lowest BCUT2D eigenvalue weighted by Crippen LogP contribution is -2.27. The summed E-state index contributed by atoms with van der Waals surface area (Å²) in [6.45, 7) is 0. The fourth-order valence-electron chi connectivity index (χ4n) is 5.32. The van der Waals surface area contributed by atoms with Gasteiger partial charge in [0.05, 0.1) is 32.5 Å². The lowest BCUT2D eigenvalue weighted by atomic mass is 10.1. The van der Waals surface area contributed by atoms with E-state index >= 15 is 0 Å². The Labute approximate surface area is 261 Å². The van der Waals surface area contributed by atoms with E-state index in [1.165, 1.54) is 21.2 Å². The molecule has 0 fully saturated rings. The first-order valence-electron chi connectivity index (χ1n) is 14.2. The van der Waals surface area contributed by atoms with E-state index in [9.17, 15) is 0 Å². The number of hydrogen-bond donors (Lipinski definition) is 0. The van der Waals surface area contributed by atoms with Gasteiger partial charge in [0.25, 0.3) is 0 Å². The molecular formula is C37H32N2O3P2. The topological polar surface area (TPSA) is 53.5 Å². The maximum atomic E-state index is 6.09. The number of benzene rings is 4. The quantitative estimate of drug-likeness (QED) is 0.186. The SMILES string of the molecule is COc1cc(P(c2ccccc2)c2ccccc2)c(-c2c(P(c3ccccc3)c3ccccc3)ccnc2OC)c(OC)n1. The highest BCUT2D eigenvalue weighted by molar-refractivity contribution is 7.80. The molecular weight excluding hydrogens is 582 g/mol. The third-order valence-corrected chi connectivity index (χ3v) is 12.2. The van der Waals surface area contributed by atoms with Gasteiger partial charge in [-0.25, -0.2) is 4.98 Å². The van der Waals surface area contributed by atoms with Crippen LogP contribution in [-0.4, -0.2) is 31.3 Å². The first kappa shape index (κ1) is 29.5. The van der Waals surface area contributed by atoms with Gasteiger partial charge < -0.3 is 14.2 Å². The molecule has 0 bridgehead atoms. The Morgan fingerprint density at radius 1 is 0.455 bits per heavy atom. The fourth-order valence-corrected chi connectivity index (χ4v) is 10.2. The molecule has 0 aliphatic rings. The normalized spacial score (nSPS) is 11.0. The number of hydrogen-bond acceptors (Lipinski definition) is 5. The van der Waals surface area contributed by atoms with Crippen molar-refractivity contribution in [2.45, 2.75) is 0 Å². The Bertz CT molecular complexity index is 1740. The molecule has 0 radical (unpaired) electrons. The minimum absolute atomic E-state index is 0.460. The Morgan fingerprint density at radius 2 is 0.864 bits per heavy atom. The first-order chi connectivity index (χ1) is 21.7. The van der Waals surface area contributed by atoms with E-state index in [-0.39, 0.29) is 0 Å². The zero-order valence-corrected chi connectivity index (χ0v) is 26.6. The van der Waals surface area contributed by atoms with Crippen molar-refractivity contribution >= 4 is 47.7 Å². The van der Waals surface area contributed by atoms with Gasteiger partial charge in [0.15, 0.2) is 0 Å². The summed E-state index contributed by atoms with van der Waals surface area (Å²) in [6.07, 6.45) is 1.83. The van der Waals surface area contributed by atoms with Crippen LogP contribution in [0, 0.1) is 0 Å². The Morgan fingerprint density at radius 3 is 1.27 bits per heavy atom. The average Bonchev–Trinajstić information content (AvgIpc) is 3.10. The van der Waals surface area contributed by atoms with Crippen molar-refractivity contribution in [2.75, 3.05) is 21.3 Å². The molecule has 6 rings (SSSR count). The molecule has 0 amide bonds. The third kappa shape index (κ3) is 5.95. The van der Waals surface area contributed by atoms with Crippen LogP contribution in [0.15, 0.2) is 140 Å². The van der Waals surface area contributed by atoms with Gasteiger partial charge in [0.1, 0.15) is 0 Å². The molecule has 0 N–H and O–H groups in total. The summed E-state index contributed by atoms with van der Waals surface area (Å²) in [5.41, 5.74) is 1.72. The molecule has 2 aromatic heterocycles. The maximum absolute atomic E-state index is 6.09. The largest absolute Gasteiger partial charge is 0.481 e. The van der Waals surface area contributed by atoms with Crippen LogP contribution in [0.2, 0.25) is 0 Å². The smallest absolute Gasteiger partial charge is 0.225 e. The summed E-state index contributed by atoms with van der Waals surface area (Å²) < 4.78 is 17.9. The summed E-state index contributed by atoms with van der Waals surface area (Å²) in [5, 5.41) is 6.99. The van der Waals surface area contributed by atoms with Gasteiger partial charge in [0, 0.05) is 17.6 Å². The van der Waals surface area contributed by atoms with Crippen LogP contribution in [0.4, 0.5) is 0 Å². The van der Waals surface area contributed by atoms with Crippen LogP contribution in [0.3, 0.4) is 0 Å². The predicted molar refractivity (Wildman–Crippen MR) is 185 cm³/mol. The van der Waals surface area contributed by atoms with E-state index < -0.39 is 15.8 Å². The van der Waals surface area contributed by atoms with Gasteiger partial charge in [0.2, 0.25) is 17.6 Å². The molecule has 0 aliphatic carbocycles. The van der Waals surface area contributed by atoms with Gasteiger partial charge in [-0.3, -0.25) is 0 Å². The lowest BCUT2D eigenvalue weighted by Gasteiger charge is -2.27. The number of methoxy groups -OCH3 is 3. The van der Waals surface area contributed by atoms with Crippen LogP contribution in [0.1, 0.15) is 0 Å². The molecule has 0 aliphatic heterocycles. The van der Waals surface area contributed by atoms with E-state index in [4.69, 9.17) is 24.2 Å². The predicted octanol–water partition coefficient (Wildman–Crippen LogP) is 5.69. The van der Waals surface area contributed by atoms with E-state index in [1.807, 2.05) is 24.4 Å². The number of nitrogens with zero attached hydrogens (tertiary/aromatic N) is 2. The molecule has 2 heterocycles. The minimum Gasteiger partial charge on any atom is -0.481 e. The summed E-state index contributed by atoms with van der Waals surface area (Å²) in [6, 6.07) is 46.6. The highest BCUT2D eigenvalue weighted by atomic mass is 31.1. The second-order valence-corrected chi connectivity index (χ2v) is 14.2. The summed E-state index contributed by atoms with van der Waals surface area (Å²) >= 11 is 0. The molecule has 218 valence electrons. The van der Waals surface area contributed by atoms with E-state index in [0.717, 1.165) is 21.7 Å². The maximum Gasteiger partial charge on any atom is 0.225 e. The molecule has 0 saturated heterocycles. The number of rotatable bonds is 10. The van der Waals surface area contributed by atoms with Crippen molar-refractivity contribution in [3.05, 3.63) is 140 Å². The fraction of sp³-hybridized carbons (Fsp3) is 0.0811. The lowest BCUT2D eigenvalue weighted by molar-refractivity contribution is 0.366. The van der Waals surface area contributed by atoms with Crippen LogP contribution < -0.4 is 46.0 Å². The Balaban J connectivity index is 1.72. The first-order valence-corrected chi connectivity index (χ1v) is 16.9. The van der Waals surface area contributed by atoms with Gasteiger partial charge >= 0.3 is 0 Å². The number of ether oxygens (including phenoxy) is 3. The monoisotopic (exact) mass is 614 g/mol. The molecule has 4 aromatic carbocycles. The van der Waals surface area contributed by atoms with Crippen molar-refractivity contribution in [3.8, 4) is 28.8 Å². The summed E-state index contributed by atoms with van der Waals surface area (Å²) in [7, 11) is 2.89. The minimum atomic E-state index is -1.07.